The van der Waals surface area contributed by atoms with Crippen molar-refractivity contribution < 1.29 is 35.9 Å². The Bertz CT molecular complexity index is 180. The van der Waals surface area contributed by atoms with E-state index in [1.54, 1.807) is 0 Å². The summed E-state index contributed by atoms with van der Waals surface area (Å²) in [5, 5.41) is 0. The highest BCUT2D eigenvalue weighted by atomic mass is 19.4. The van der Waals surface area contributed by atoms with E-state index in [9.17, 15) is 31.1 Å². The molecule has 0 rings (SSSR count). The monoisotopic (exact) mass is 210 g/mol. The van der Waals surface area contributed by atoms with Gasteiger partial charge in [-0.25, -0.2) is 4.79 Å². The first-order chi connectivity index (χ1) is 5.63. The van der Waals surface area contributed by atoms with Crippen molar-refractivity contribution in [3.63, 3.8) is 0 Å². The number of ether oxygens (including phenoxy) is 1. The highest BCUT2D eigenvalue weighted by Crippen LogP contribution is 2.21. The smallest absolute Gasteiger partial charge is 0.459 e. The quantitative estimate of drug-likeness (QED) is 0.515. The van der Waals surface area contributed by atoms with Crippen LogP contribution in [0.15, 0.2) is 0 Å². The predicted octanol–water partition coefficient (Wildman–Crippen LogP) is 2.04. The van der Waals surface area contributed by atoms with Crippen molar-refractivity contribution in [1.82, 2.24) is 0 Å². The van der Waals surface area contributed by atoms with Crippen molar-refractivity contribution in [3.8, 4) is 0 Å². The number of alkyl halides is 6. The Labute approximate surface area is 68.5 Å². The number of carbonyl (C=O) groups is 1. The number of carbonyl (C=O) groups excluding carboxylic acids is 1. The molecule has 0 atom stereocenters. The van der Waals surface area contributed by atoms with Gasteiger partial charge in [-0.1, -0.05) is 0 Å². The van der Waals surface area contributed by atoms with Gasteiger partial charge in [-0.3, -0.25) is 0 Å². The summed E-state index contributed by atoms with van der Waals surface area (Å²) in [5.74, 6) is -2.61. The summed E-state index contributed by atoms with van der Waals surface area (Å²) in [6.07, 6.45) is -11.5. The summed E-state index contributed by atoms with van der Waals surface area (Å²) in [4.78, 5) is 9.84. The maximum Gasteiger partial charge on any atom is 0.490 e. The molecular weight excluding hydrogens is 206 g/mol. The summed E-state index contributed by atoms with van der Waals surface area (Å²) in [6, 6.07) is 0. The number of hydrogen-bond acceptors (Lipinski definition) is 2. The van der Waals surface area contributed by atoms with Crippen molar-refractivity contribution in [2.24, 2.45) is 0 Å². The molecule has 0 bridgehead atoms. The molecule has 0 aromatic heterocycles. The zero-order valence-corrected chi connectivity index (χ0v) is 6.00. The lowest BCUT2D eigenvalue weighted by molar-refractivity contribution is -0.204. The zero-order chi connectivity index (χ0) is 10.7. The van der Waals surface area contributed by atoms with Gasteiger partial charge in [0.25, 0.3) is 0 Å². The van der Waals surface area contributed by atoms with Gasteiger partial charge in [0.15, 0.2) is 0 Å². The minimum absolute atomic E-state index is 1.32. The van der Waals surface area contributed by atoms with Crippen LogP contribution in [-0.4, -0.2) is 24.9 Å². The lowest BCUT2D eigenvalue weighted by atomic mass is 10.4. The van der Waals surface area contributed by atoms with Crippen molar-refractivity contribution in [3.05, 3.63) is 0 Å². The van der Waals surface area contributed by atoms with Crippen molar-refractivity contribution >= 4 is 5.97 Å². The van der Waals surface area contributed by atoms with E-state index in [0.29, 0.717) is 0 Å². The Morgan fingerprint density at radius 2 is 1.54 bits per heavy atom. The standard InChI is InChI=1S/C5H4F6O2/c6-4(7,8)1-2-13-3(12)5(9,10)11/h1-2H2. The molecule has 0 N–H and O–H groups in total. The number of hydrogen-bond donors (Lipinski definition) is 0. The first-order valence-electron chi connectivity index (χ1n) is 2.93. The minimum atomic E-state index is -5.24. The third-order valence-corrected chi connectivity index (χ3v) is 0.850. The SMILES string of the molecule is O=C(OCCC(F)(F)F)C(F)(F)F. The fraction of sp³-hybridized carbons (Fsp3) is 0.800. The van der Waals surface area contributed by atoms with Gasteiger partial charge in [0, 0.05) is 0 Å². The highest BCUT2D eigenvalue weighted by Gasteiger charge is 2.41. The van der Waals surface area contributed by atoms with E-state index in [1.807, 2.05) is 0 Å². The van der Waals surface area contributed by atoms with Crippen LogP contribution in [0.5, 0.6) is 0 Å². The second-order valence-electron chi connectivity index (χ2n) is 2.00. The number of esters is 1. The van der Waals surface area contributed by atoms with Gasteiger partial charge in [0.2, 0.25) is 0 Å². The van der Waals surface area contributed by atoms with Gasteiger partial charge < -0.3 is 4.74 Å². The molecule has 0 aromatic carbocycles. The van der Waals surface area contributed by atoms with E-state index < -0.39 is 31.3 Å². The van der Waals surface area contributed by atoms with Crippen LogP contribution in [0.3, 0.4) is 0 Å². The molecule has 0 heterocycles. The molecule has 0 aliphatic rings. The molecule has 2 nitrogen and oxygen atoms in total. The Morgan fingerprint density at radius 3 is 1.85 bits per heavy atom. The second-order valence-corrected chi connectivity index (χ2v) is 2.00. The van der Waals surface area contributed by atoms with E-state index in [1.165, 1.54) is 0 Å². The van der Waals surface area contributed by atoms with Gasteiger partial charge in [-0.2, -0.15) is 26.3 Å². The molecule has 0 amide bonds. The summed E-state index contributed by atoms with van der Waals surface area (Å²) in [6.45, 7) is -1.32. The fourth-order valence-corrected chi connectivity index (χ4v) is 0.341. The first-order valence-corrected chi connectivity index (χ1v) is 2.93. The van der Waals surface area contributed by atoms with Gasteiger partial charge in [0.05, 0.1) is 6.42 Å². The molecule has 13 heavy (non-hydrogen) atoms. The molecule has 0 saturated heterocycles. The molecule has 0 radical (unpaired) electrons. The Hall–Kier alpha value is -0.950. The van der Waals surface area contributed by atoms with Crippen LogP contribution in [0.25, 0.3) is 0 Å². The number of halogens is 6. The Morgan fingerprint density at radius 1 is 1.08 bits per heavy atom. The topological polar surface area (TPSA) is 26.3 Å². The third-order valence-electron chi connectivity index (χ3n) is 0.850. The summed E-state index contributed by atoms with van der Waals surface area (Å²) >= 11 is 0. The van der Waals surface area contributed by atoms with Crippen LogP contribution in [0.4, 0.5) is 26.3 Å². The fourth-order valence-electron chi connectivity index (χ4n) is 0.341. The maximum absolute atomic E-state index is 11.3. The predicted molar refractivity (Wildman–Crippen MR) is 27.7 cm³/mol. The van der Waals surface area contributed by atoms with Gasteiger partial charge in [-0.05, 0) is 0 Å². The minimum Gasteiger partial charge on any atom is -0.459 e. The second kappa shape index (κ2) is 3.84. The largest absolute Gasteiger partial charge is 0.490 e. The molecule has 0 fully saturated rings. The van der Waals surface area contributed by atoms with Crippen LogP contribution < -0.4 is 0 Å². The number of rotatable bonds is 2. The lowest BCUT2D eigenvalue weighted by Crippen LogP contribution is -2.27. The first kappa shape index (κ1) is 12.0. The normalized spacial score (nSPS) is 12.8. The van der Waals surface area contributed by atoms with E-state index in [0.717, 1.165) is 0 Å². The zero-order valence-electron chi connectivity index (χ0n) is 6.00. The Balaban J connectivity index is 3.74. The summed E-state index contributed by atoms with van der Waals surface area (Å²) in [5.41, 5.74) is 0. The van der Waals surface area contributed by atoms with Gasteiger partial charge in [-0.15, -0.1) is 0 Å². The molecule has 0 aromatic rings. The molecule has 0 spiro atoms. The third kappa shape index (κ3) is 6.23. The van der Waals surface area contributed by atoms with E-state index in [2.05, 4.69) is 4.74 Å². The van der Waals surface area contributed by atoms with Crippen molar-refractivity contribution in [2.45, 2.75) is 18.8 Å². The highest BCUT2D eigenvalue weighted by molar-refractivity contribution is 5.75. The maximum atomic E-state index is 11.3. The van der Waals surface area contributed by atoms with Crippen LogP contribution in [0.1, 0.15) is 6.42 Å². The van der Waals surface area contributed by atoms with Crippen molar-refractivity contribution in [1.29, 1.82) is 0 Å². The lowest BCUT2D eigenvalue weighted by Gasteiger charge is -2.08. The summed E-state index contributed by atoms with van der Waals surface area (Å²) < 4.78 is 71.2. The van der Waals surface area contributed by atoms with E-state index >= 15 is 0 Å². The van der Waals surface area contributed by atoms with Crippen LogP contribution in [-0.2, 0) is 9.53 Å². The average molecular weight is 210 g/mol. The molecule has 8 heteroatoms. The van der Waals surface area contributed by atoms with E-state index in [4.69, 9.17) is 0 Å². The van der Waals surface area contributed by atoms with E-state index in [-0.39, 0.29) is 0 Å². The van der Waals surface area contributed by atoms with Crippen LogP contribution in [0.2, 0.25) is 0 Å². The molecule has 0 aliphatic heterocycles. The Kier molecular flexibility index (Phi) is 3.56. The molecule has 0 saturated carbocycles. The molecule has 78 valence electrons. The van der Waals surface area contributed by atoms with Crippen molar-refractivity contribution in [2.75, 3.05) is 6.61 Å². The van der Waals surface area contributed by atoms with Gasteiger partial charge >= 0.3 is 18.3 Å². The van der Waals surface area contributed by atoms with Crippen LogP contribution in [0, 0.1) is 0 Å². The van der Waals surface area contributed by atoms with Crippen LogP contribution >= 0.6 is 0 Å². The molecule has 0 aliphatic carbocycles. The summed E-state index contributed by atoms with van der Waals surface area (Å²) in [7, 11) is 0. The average Bonchev–Trinajstić information content (AvgIpc) is 1.82. The molecular formula is C5H4F6O2. The molecule has 0 unspecified atom stereocenters. The van der Waals surface area contributed by atoms with Gasteiger partial charge in [0.1, 0.15) is 6.61 Å².